The molecule has 2 atom stereocenters. The maximum absolute atomic E-state index is 13.4. The Hall–Kier alpha value is -3.53. The number of carbonyl (C=O) groups is 2. The predicted molar refractivity (Wildman–Crippen MR) is 160 cm³/mol. The molecular weight excluding hydrogens is 610 g/mol. The third-order valence-electron chi connectivity index (χ3n) is 7.11. The summed E-state index contributed by atoms with van der Waals surface area (Å²) in [5.41, 5.74) is 1.99. The van der Waals surface area contributed by atoms with Gasteiger partial charge < -0.3 is 14.4 Å². The van der Waals surface area contributed by atoms with Crippen molar-refractivity contribution in [3.05, 3.63) is 110 Å². The Morgan fingerprint density at radius 3 is 2.39 bits per heavy atom. The van der Waals surface area contributed by atoms with Gasteiger partial charge in [-0.15, -0.1) is 0 Å². The van der Waals surface area contributed by atoms with Crippen molar-refractivity contribution in [3.8, 4) is 0 Å². The van der Waals surface area contributed by atoms with Crippen LogP contribution in [0.4, 0.5) is 4.79 Å². The van der Waals surface area contributed by atoms with Gasteiger partial charge in [-0.25, -0.2) is 9.78 Å². The molecule has 1 saturated heterocycles. The number of likely N-dealkylation sites (tertiary alicyclic amines) is 1. The number of fused-ring (bicyclic) bond motifs is 1. The molecule has 2 heterocycles. The molecule has 1 fully saturated rings. The summed E-state index contributed by atoms with van der Waals surface area (Å²) in [7, 11) is 0. The molecule has 0 unspecified atom stereocenters. The zero-order valence-corrected chi connectivity index (χ0v) is 24.6. The van der Waals surface area contributed by atoms with Crippen molar-refractivity contribution in [2.75, 3.05) is 6.54 Å². The van der Waals surface area contributed by atoms with Gasteiger partial charge >= 0.3 is 6.09 Å². The van der Waals surface area contributed by atoms with Crippen LogP contribution in [0.2, 0.25) is 5.02 Å². The zero-order chi connectivity index (χ0) is 28.8. The number of benzene rings is 3. The first-order chi connectivity index (χ1) is 19.9. The van der Waals surface area contributed by atoms with E-state index in [0.717, 1.165) is 17.5 Å². The maximum atomic E-state index is 13.4. The van der Waals surface area contributed by atoms with Crippen molar-refractivity contribution in [1.82, 2.24) is 14.5 Å². The van der Waals surface area contributed by atoms with Gasteiger partial charge in [0, 0.05) is 17.4 Å². The van der Waals surface area contributed by atoms with Gasteiger partial charge in [0.25, 0.3) is 5.56 Å². The van der Waals surface area contributed by atoms with E-state index in [2.05, 4.69) is 20.9 Å². The molecule has 4 aromatic rings. The fourth-order valence-electron chi connectivity index (χ4n) is 5.02. The maximum Gasteiger partial charge on any atom is 0.410 e. The molecule has 1 aliphatic heterocycles. The van der Waals surface area contributed by atoms with Crippen LogP contribution >= 0.6 is 27.5 Å². The monoisotopic (exact) mass is 637 g/mol. The molecule has 0 N–H and O–H groups in total. The molecule has 5 rings (SSSR count). The summed E-state index contributed by atoms with van der Waals surface area (Å²) in [6.45, 7) is 0.739. The topological polar surface area (TPSA) is 90.7 Å². The lowest BCUT2D eigenvalue weighted by atomic mass is 9.94. The van der Waals surface area contributed by atoms with Crippen molar-refractivity contribution < 1.29 is 19.1 Å². The highest BCUT2D eigenvalue weighted by atomic mass is 79.9. The molecule has 10 heteroatoms. The highest BCUT2D eigenvalue weighted by Crippen LogP contribution is 2.27. The Kier molecular flexibility index (Phi) is 9.49. The number of piperidine rings is 1. The van der Waals surface area contributed by atoms with E-state index in [0.29, 0.717) is 40.0 Å². The molecule has 3 aromatic carbocycles. The summed E-state index contributed by atoms with van der Waals surface area (Å²) in [5.74, 6) is -0.225. The SMILES string of the molecule is O=C(C[C@@H]1[C@@H](OCc2ccccc2)CCCN1C(=O)OCc1ccccc1)Cn1cnc2cc(Br)c(Cl)cc2c1=O. The van der Waals surface area contributed by atoms with Crippen molar-refractivity contribution in [2.45, 2.75) is 51.2 Å². The number of amides is 1. The van der Waals surface area contributed by atoms with Gasteiger partial charge in [0.15, 0.2) is 5.78 Å². The van der Waals surface area contributed by atoms with E-state index in [1.807, 2.05) is 60.7 Å². The predicted octanol–water partition coefficient (Wildman–Crippen LogP) is 6.16. The van der Waals surface area contributed by atoms with E-state index in [9.17, 15) is 14.4 Å². The zero-order valence-electron chi connectivity index (χ0n) is 22.2. The van der Waals surface area contributed by atoms with E-state index in [1.54, 1.807) is 11.0 Å². The van der Waals surface area contributed by atoms with Crippen molar-refractivity contribution in [3.63, 3.8) is 0 Å². The Labute approximate surface area is 251 Å². The van der Waals surface area contributed by atoms with E-state index in [4.69, 9.17) is 21.1 Å². The number of Topliss-reactive ketones (excluding diaryl/α,β-unsaturated/α-hetero) is 1. The standard InChI is InChI=1S/C31H29BrClN3O5/c32-25-16-27-24(15-26(25)33)30(38)35(20-34-27)17-23(37)14-28-29(40-18-21-8-3-1-4-9-21)12-7-13-36(28)31(39)41-19-22-10-5-2-6-11-22/h1-6,8-11,15-16,20,28-29H,7,12-14,17-19H2/t28-,29+/m1/s1. The number of rotatable bonds is 9. The van der Waals surface area contributed by atoms with Gasteiger partial charge in [-0.1, -0.05) is 72.3 Å². The smallest absolute Gasteiger partial charge is 0.410 e. The van der Waals surface area contributed by atoms with Crippen LogP contribution in [0, 0.1) is 0 Å². The van der Waals surface area contributed by atoms with Crippen LogP contribution in [-0.4, -0.2) is 45.0 Å². The molecule has 8 nitrogen and oxygen atoms in total. The molecule has 0 radical (unpaired) electrons. The lowest BCUT2D eigenvalue weighted by Crippen LogP contribution is -2.53. The highest BCUT2D eigenvalue weighted by molar-refractivity contribution is 9.10. The van der Waals surface area contributed by atoms with Crippen LogP contribution in [0.25, 0.3) is 10.9 Å². The average molecular weight is 639 g/mol. The van der Waals surface area contributed by atoms with Crippen LogP contribution < -0.4 is 5.56 Å². The van der Waals surface area contributed by atoms with E-state index in [1.165, 1.54) is 17.0 Å². The Bertz CT molecular complexity index is 1580. The molecule has 41 heavy (non-hydrogen) atoms. The number of halogens is 2. The average Bonchev–Trinajstić information content (AvgIpc) is 2.99. The minimum absolute atomic E-state index is 0.00542. The minimum Gasteiger partial charge on any atom is -0.445 e. The Morgan fingerprint density at radius 1 is 1.00 bits per heavy atom. The number of aromatic nitrogens is 2. The molecule has 0 saturated carbocycles. The van der Waals surface area contributed by atoms with Crippen molar-refractivity contribution in [2.24, 2.45) is 0 Å². The molecule has 0 spiro atoms. The molecule has 1 aromatic heterocycles. The lowest BCUT2D eigenvalue weighted by molar-refractivity contribution is -0.123. The fourth-order valence-corrected chi connectivity index (χ4v) is 5.51. The Balaban J connectivity index is 1.34. The van der Waals surface area contributed by atoms with E-state index < -0.39 is 12.1 Å². The van der Waals surface area contributed by atoms with E-state index >= 15 is 0 Å². The van der Waals surface area contributed by atoms with Crippen molar-refractivity contribution >= 4 is 50.3 Å². The summed E-state index contributed by atoms with van der Waals surface area (Å²) >= 11 is 9.53. The Morgan fingerprint density at radius 2 is 1.68 bits per heavy atom. The van der Waals surface area contributed by atoms with E-state index in [-0.39, 0.29) is 37.0 Å². The number of hydrogen-bond acceptors (Lipinski definition) is 6. The fraction of sp³-hybridized carbons (Fsp3) is 0.290. The van der Waals surface area contributed by atoms with Crippen LogP contribution in [0.15, 0.2) is 88.4 Å². The van der Waals surface area contributed by atoms with Gasteiger partial charge in [-0.3, -0.25) is 14.2 Å². The van der Waals surface area contributed by atoms with Crippen LogP contribution in [0.1, 0.15) is 30.4 Å². The number of ketones is 1. The molecule has 212 valence electrons. The van der Waals surface area contributed by atoms with Gasteiger partial charge in [0.05, 0.1) is 47.6 Å². The largest absolute Gasteiger partial charge is 0.445 e. The summed E-state index contributed by atoms with van der Waals surface area (Å²) in [5, 5.41) is 0.701. The third-order valence-corrected chi connectivity index (χ3v) is 8.31. The van der Waals surface area contributed by atoms with Gasteiger partial charge in [0.2, 0.25) is 0 Å². The summed E-state index contributed by atoms with van der Waals surface area (Å²) in [6.07, 6.45) is 1.90. The number of nitrogens with zero attached hydrogens (tertiary/aromatic N) is 3. The molecular formula is C31H29BrClN3O5. The molecule has 1 amide bonds. The second kappa shape index (κ2) is 13.4. The number of ether oxygens (including phenoxy) is 2. The van der Waals surface area contributed by atoms with Gasteiger partial charge in [-0.05, 0) is 52.0 Å². The normalized spacial score (nSPS) is 17.0. The molecule has 1 aliphatic rings. The molecule has 0 aliphatic carbocycles. The third kappa shape index (κ3) is 7.22. The van der Waals surface area contributed by atoms with Gasteiger partial charge in [-0.2, -0.15) is 0 Å². The second-order valence-corrected chi connectivity index (χ2v) is 11.2. The molecule has 0 bridgehead atoms. The van der Waals surface area contributed by atoms with Gasteiger partial charge in [0.1, 0.15) is 6.61 Å². The van der Waals surface area contributed by atoms with Crippen LogP contribution in [-0.2, 0) is 34.0 Å². The first-order valence-corrected chi connectivity index (χ1v) is 14.5. The highest BCUT2D eigenvalue weighted by Gasteiger charge is 2.37. The second-order valence-electron chi connectivity index (χ2n) is 9.98. The minimum atomic E-state index is -0.544. The quantitative estimate of drug-likeness (QED) is 0.218. The number of carbonyl (C=O) groups excluding carboxylic acids is 2. The lowest BCUT2D eigenvalue weighted by Gasteiger charge is -2.40. The van der Waals surface area contributed by atoms with Crippen molar-refractivity contribution in [1.29, 1.82) is 0 Å². The summed E-state index contributed by atoms with van der Waals surface area (Å²) in [6, 6.07) is 21.9. The van der Waals surface area contributed by atoms with Crippen LogP contribution in [0.5, 0.6) is 0 Å². The van der Waals surface area contributed by atoms with Crippen LogP contribution in [0.3, 0.4) is 0 Å². The number of hydrogen-bond donors (Lipinski definition) is 0. The first-order valence-electron chi connectivity index (χ1n) is 13.4. The summed E-state index contributed by atoms with van der Waals surface area (Å²) < 4.78 is 13.8. The summed E-state index contributed by atoms with van der Waals surface area (Å²) in [4.78, 5) is 45.7. The first kappa shape index (κ1) is 29.0.